The molecule has 2 aromatic carbocycles. The van der Waals surface area contributed by atoms with E-state index in [0.29, 0.717) is 47.2 Å². The fraction of sp³-hybridized carbons (Fsp3) is 0.360. The summed E-state index contributed by atoms with van der Waals surface area (Å²) in [6, 6.07) is 8.74. The lowest BCUT2D eigenvalue weighted by molar-refractivity contribution is -0.117. The molecule has 36 heavy (non-hydrogen) atoms. The van der Waals surface area contributed by atoms with Crippen LogP contribution < -0.4 is 5.32 Å². The zero-order chi connectivity index (χ0) is 25.4. The molecule has 188 valence electrons. The van der Waals surface area contributed by atoms with Crippen molar-refractivity contribution in [2.45, 2.75) is 44.2 Å². The molecule has 11 heteroatoms. The number of hydrogen-bond donors (Lipinski definition) is 4. The minimum absolute atomic E-state index is 0.0194. The van der Waals surface area contributed by atoms with Crippen LogP contribution in [0.4, 0.5) is 5.69 Å². The Bertz CT molecular complexity index is 1360. The Morgan fingerprint density at radius 3 is 2.47 bits per heavy atom. The molecule has 2 heterocycles. The Kier molecular flexibility index (Phi) is 6.87. The van der Waals surface area contributed by atoms with Crippen LogP contribution in [0.15, 0.2) is 40.6 Å². The molecule has 1 aliphatic carbocycles. The van der Waals surface area contributed by atoms with Gasteiger partial charge in [-0.15, -0.1) is 10.2 Å². The molecule has 1 aliphatic heterocycles. The highest BCUT2D eigenvalue weighted by molar-refractivity contribution is 6.39. The number of halogens is 2. The maximum absolute atomic E-state index is 13.3. The third-order valence-corrected chi connectivity index (χ3v) is 7.24. The molecule has 1 saturated carbocycles. The van der Waals surface area contributed by atoms with Gasteiger partial charge in [0, 0.05) is 25.2 Å². The number of nitrogens with one attached hydrogen (secondary N) is 2. The molecule has 9 nitrogen and oxygen atoms in total. The van der Waals surface area contributed by atoms with E-state index in [1.807, 2.05) is 0 Å². The number of fused-ring (bicyclic) bond motifs is 1. The molecule has 2 amide bonds. The van der Waals surface area contributed by atoms with Crippen molar-refractivity contribution in [3.05, 3.63) is 51.5 Å². The lowest BCUT2D eigenvalue weighted by atomic mass is 10.0. The number of aromatic nitrogens is 1. The number of rotatable bonds is 6. The van der Waals surface area contributed by atoms with Gasteiger partial charge in [0.15, 0.2) is 5.69 Å². The summed E-state index contributed by atoms with van der Waals surface area (Å²) >= 11 is 12.5. The van der Waals surface area contributed by atoms with Crippen LogP contribution >= 0.6 is 23.2 Å². The third kappa shape index (κ3) is 5.18. The normalized spacial score (nSPS) is 16.8. The van der Waals surface area contributed by atoms with Gasteiger partial charge in [-0.25, -0.2) is 0 Å². The van der Waals surface area contributed by atoms with E-state index in [0.717, 1.165) is 12.8 Å². The van der Waals surface area contributed by atoms with Gasteiger partial charge in [-0.05, 0) is 55.5 Å². The largest absolute Gasteiger partial charge is 0.506 e. The van der Waals surface area contributed by atoms with Crippen molar-refractivity contribution < 1.29 is 19.8 Å². The molecule has 0 radical (unpaired) electrons. The number of carbonyl (C=O) groups excluding carboxylic acids is 2. The first-order valence-electron chi connectivity index (χ1n) is 11.8. The van der Waals surface area contributed by atoms with E-state index >= 15 is 0 Å². The molecule has 5 rings (SSSR count). The SMILES string of the molecule is O=C(Cc1ccc(O)c(Cl)c1)N=Nc1c(O)[nH]c2ccc(C(=O)N3CCC(NC4CC4)CC3)c(Cl)c12. The molecule has 0 spiro atoms. The van der Waals surface area contributed by atoms with Gasteiger partial charge >= 0.3 is 0 Å². The molecular weight excluding hydrogens is 505 g/mol. The molecule has 3 aromatic rings. The molecule has 0 bridgehead atoms. The lowest BCUT2D eigenvalue weighted by Gasteiger charge is -2.32. The number of aromatic hydroxyl groups is 2. The second-order valence-electron chi connectivity index (χ2n) is 9.24. The van der Waals surface area contributed by atoms with Gasteiger partial charge in [-0.2, -0.15) is 0 Å². The Hall–Kier alpha value is -3.14. The molecule has 2 aliphatic rings. The Morgan fingerprint density at radius 1 is 1.06 bits per heavy atom. The van der Waals surface area contributed by atoms with Crippen molar-refractivity contribution in [2.75, 3.05) is 13.1 Å². The van der Waals surface area contributed by atoms with E-state index in [1.165, 1.54) is 25.0 Å². The van der Waals surface area contributed by atoms with Gasteiger partial charge in [0.05, 0.1) is 32.9 Å². The average Bonchev–Trinajstić information content (AvgIpc) is 3.61. The van der Waals surface area contributed by atoms with Gasteiger partial charge in [0.2, 0.25) is 5.88 Å². The van der Waals surface area contributed by atoms with Crippen LogP contribution in [0.1, 0.15) is 41.6 Å². The minimum atomic E-state index is -0.587. The van der Waals surface area contributed by atoms with Crippen LogP contribution in [-0.2, 0) is 11.2 Å². The summed E-state index contributed by atoms with van der Waals surface area (Å²) in [6.45, 7) is 1.27. The van der Waals surface area contributed by atoms with E-state index in [2.05, 4.69) is 20.5 Å². The smallest absolute Gasteiger partial charge is 0.269 e. The van der Waals surface area contributed by atoms with Crippen molar-refractivity contribution in [1.82, 2.24) is 15.2 Å². The molecular formula is C25H25Cl2N5O4. The molecule has 1 saturated heterocycles. The number of azo groups is 1. The molecule has 2 fully saturated rings. The zero-order valence-electron chi connectivity index (χ0n) is 19.3. The minimum Gasteiger partial charge on any atom is -0.506 e. The van der Waals surface area contributed by atoms with Crippen LogP contribution in [0, 0.1) is 0 Å². The maximum atomic E-state index is 13.3. The van der Waals surface area contributed by atoms with Crippen LogP contribution in [0.5, 0.6) is 11.6 Å². The Balaban J connectivity index is 1.33. The standard InChI is InChI=1S/C25H25Cl2N5O4/c26-17-11-13(1-6-19(17)33)12-20(34)30-31-23-21-18(29-24(23)35)5-4-16(22(21)27)25(36)32-9-7-15(8-10-32)28-14-2-3-14/h1,4-6,11,14-15,28-29,33,35H,2-3,7-10,12H2. The lowest BCUT2D eigenvalue weighted by Crippen LogP contribution is -2.45. The summed E-state index contributed by atoms with van der Waals surface area (Å²) in [5.41, 5.74) is 1.30. The van der Waals surface area contributed by atoms with Crippen LogP contribution in [0.25, 0.3) is 10.9 Å². The number of hydrogen-bond acceptors (Lipinski definition) is 6. The highest BCUT2D eigenvalue weighted by Gasteiger charge is 2.30. The zero-order valence-corrected chi connectivity index (χ0v) is 20.8. The van der Waals surface area contributed by atoms with E-state index < -0.39 is 5.91 Å². The summed E-state index contributed by atoms with van der Waals surface area (Å²) in [5, 5.41) is 31.7. The first kappa shape index (κ1) is 24.5. The average molecular weight is 530 g/mol. The first-order valence-corrected chi connectivity index (χ1v) is 12.6. The van der Waals surface area contributed by atoms with Gasteiger partial charge < -0.3 is 25.4 Å². The van der Waals surface area contributed by atoms with Crippen LogP contribution in [-0.4, -0.2) is 57.1 Å². The van der Waals surface area contributed by atoms with Crippen molar-refractivity contribution in [1.29, 1.82) is 0 Å². The van der Waals surface area contributed by atoms with E-state index in [1.54, 1.807) is 23.1 Å². The number of H-pyrrole nitrogens is 1. The molecule has 4 N–H and O–H groups in total. The van der Waals surface area contributed by atoms with E-state index in [-0.39, 0.29) is 39.7 Å². The highest BCUT2D eigenvalue weighted by atomic mass is 35.5. The molecule has 0 unspecified atom stereocenters. The topological polar surface area (TPSA) is 130 Å². The third-order valence-electron chi connectivity index (χ3n) is 6.55. The fourth-order valence-electron chi connectivity index (χ4n) is 4.46. The maximum Gasteiger partial charge on any atom is 0.269 e. The number of phenolic OH excluding ortho intramolecular Hbond substituents is 1. The van der Waals surface area contributed by atoms with Crippen molar-refractivity contribution >= 4 is 51.6 Å². The molecule has 0 atom stereocenters. The monoisotopic (exact) mass is 529 g/mol. The number of likely N-dealkylation sites (tertiary alicyclic amines) is 1. The number of carbonyl (C=O) groups is 2. The summed E-state index contributed by atoms with van der Waals surface area (Å²) in [6.07, 6.45) is 4.14. The number of nitrogens with zero attached hydrogens (tertiary/aromatic N) is 3. The predicted octanol–water partition coefficient (Wildman–Crippen LogP) is 5.10. The molecule has 1 aromatic heterocycles. The summed E-state index contributed by atoms with van der Waals surface area (Å²) in [5.74, 6) is -1.17. The van der Waals surface area contributed by atoms with Gasteiger partial charge in [0.25, 0.3) is 11.8 Å². The van der Waals surface area contributed by atoms with Gasteiger partial charge in [-0.1, -0.05) is 29.3 Å². The van der Waals surface area contributed by atoms with E-state index in [4.69, 9.17) is 23.2 Å². The first-order chi connectivity index (χ1) is 17.3. The summed E-state index contributed by atoms with van der Waals surface area (Å²) in [4.78, 5) is 30.2. The quantitative estimate of drug-likeness (QED) is 0.330. The predicted molar refractivity (Wildman–Crippen MR) is 136 cm³/mol. The second kappa shape index (κ2) is 10.1. The van der Waals surface area contributed by atoms with Gasteiger partial charge in [0.1, 0.15) is 5.75 Å². The second-order valence-corrected chi connectivity index (χ2v) is 10.0. The highest BCUT2D eigenvalue weighted by Crippen LogP contribution is 2.41. The summed E-state index contributed by atoms with van der Waals surface area (Å²) < 4.78 is 0. The number of piperidine rings is 1. The van der Waals surface area contributed by atoms with E-state index in [9.17, 15) is 19.8 Å². The number of amides is 2. The number of benzene rings is 2. The van der Waals surface area contributed by atoms with Crippen LogP contribution in [0.3, 0.4) is 0 Å². The fourth-order valence-corrected chi connectivity index (χ4v) is 5.00. The van der Waals surface area contributed by atoms with Crippen molar-refractivity contribution in [2.24, 2.45) is 10.2 Å². The van der Waals surface area contributed by atoms with Crippen molar-refractivity contribution in [3.8, 4) is 11.6 Å². The van der Waals surface area contributed by atoms with Crippen molar-refractivity contribution in [3.63, 3.8) is 0 Å². The number of aromatic amines is 1. The number of phenols is 1. The Morgan fingerprint density at radius 2 is 1.78 bits per heavy atom. The Labute approximate surface area is 217 Å². The van der Waals surface area contributed by atoms with Gasteiger partial charge in [-0.3, -0.25) is 9.59 Å². The summed E-state index contributed by atoms with van der Waals surface area (Å²) in [7, 11) is 0. The van der Waals surface area contributed by atoms with Crippen LogP contribution in [0.2, 0.25) is 10.0 Å².